The molecule has 2 aliphatic carbocycles. The molecule has 1 atom stereocenters. The van der Waals surface area contributed by atoms with Gasteiger partial charge in [0.15, 0.2) is 5.78 Å². The Morgan fingerprint density at radius 1 is 1.00 bits per heavy atom. The van der Waals surface area contributed by atoms with Crippen LogP contribution in [-0.2, 0) is 27.9 Å². The van der Waals surface area contributed by atoms with Gasteiger partial charge in [-0.15, -0.1) is 0 Å². The van der Waals surface area contributed by atoms with Crippen LogP contribution >= 0.6 is 19.2 Å². The van der Waals surface area contributed by atoms with Crippen molar-refractivity contribution in [3.05, 3.63) is 70.2 Å². The van der Waals surface area contributed by atoms with Gasteiger partial charge in [0.25, 0.3) is 10.1 Å². The second-order valence-electron chi connectivity index (χ2n) is 8.62. The molecule has 1 aromatic rings. The highest BCUT2D eigenvalue weighted by Gasteiger charge is 2.41. The summed E-state index contributed by atoms with van der Waals surface area (Å²) in [5.41, 5.74) is 3.96. The van der Waals surface area contributed by atoms with Crippen molar-refractivity contribution < 1.29 is 26.2 Å². The molecule has 0 amide bonds. The summed E-state index contributed by atoms with van der Waals surface area (Å²) < 4.78 is 56.7. The largest absolute Gasteiger partial charge is 0.368 e. The topological polar surface area (TPSA) is 90.9 Å². The second-order valence-corrected chi connectivity index (χ2v) is 12.8. The fourth-order valence-electron chi connectivity index (χ4n) is 4.10. The Bertz CT molecular complexity index is 1320. The lowest BCUT2D eigenvalue weighted by Gasteiger charge is -2.28. The van der Waals surface area contributed by atoms with Gasteiger partial charge in [-0.3, -0.25) is 8.75 Å². The minimum Gasteiger partial charge on any atom is -0.368 e. The third-order valence-corrected chi connectivity index (χ3v) is 9.70. The molecule has 1 N–H and O–H groups in total. The van der Waals surface area contributed by atoms with Gasteiger partial charge in [0.1, 0.15) is 4.90 Å². The molecule has 196 valence electrons. The van der Waals surface area contributed by atoms with Crippen molar-refractivity contribution in [2.75, 3.05) is 25.6 Å². The van der Waals surface area contributed by atoms with Crippen molar-refractivity contribution in [3.63, 3.8) is 0 Å². The molecule has 0 radical (unpaired) electrons. The van der Waals surface area contributed by atoms with Gasteiger partial charge >= 0.3 is 7.60 Å². The van der Waals surface area contributed by atoms with Crippen LogP contribution in [0.2, 0.25) is 5.02 Å². The average Bonchev–Trinajstić information content (AvgIpc) is 3.11. The Labute approximate surface area is 219 Å². The molecular weight excluding hydrogens is 521 g/mol. The van der Waals surface area contributed by atoms with Crippen LogP contribution in [0.5, 0.6) is 0 Å². The van der Waals surface area contributed by atoms with E-state index in [2.05, 4.69) is 19.2 Å². The van der Waals surface area contributed by atoms with E-state index in [1.807, 2.05) is 25.1 Å². The Hall–Kier alpha value is -1.93. The lowest BCUT2D eigenvalue weighted by Crippen LogP contribution is -2.15. The Morgan fingerprint density at radius 3 is 2.14 bits per heavy atom. The van der Waals surface area contributed by atoms with Crippen molar-refractivity contribution in [2.45, 2.75) is 51.2 Å². The van der Waals surface area contributed by atoms with Crippen LogP contribution in [0.3, 0.4) is 0 Å². The van der Waals surface area contributed by atoms with Crippen LogP contribution in [-0.4, -0.2) is 28.7 Å². The maximum atomic E-state index is 14.2. The van der Waals surface area contributed by atoms with Gasteiger partial charge in [0.05, 0.1) is 20.3 Å². The Kier molecular flexibility index (Phi) is 9.25. The predicted octanol–water partition coefficient (Wildman–Crippen LogP) is 7.59. The first-order valence-electron chi connectivity index (χ1n) is 11.8. The third-order valence-electron chi connectivity index (χ3n) is 5.88. The molecule has 0 spiro atoms. The van der Waals surface area contributed by atoms with E-state index in [0.29, 0.717) is 27.4 Å². The molecule has 0 bridgehead atoms. The number of aryl methyl sites for hydroxylation is 1. The van der Waals surface area contributed by atoms with E-state index in [1.54, 1.807) is 38.1 Å². The monoisotopic (exact) mass is 553 g/mol. The summed E-state index contributed by atoms with van der Waals surface area (Å²) in [6, 6.07) is 14.2. The van der Waals surface area contributed by atoms with Gasteiger partial charge < -0.3 is 14.4 Å². The zero-order chi connectivity index (χ0) is 26.7. The Morgan fingerprint density at radius 2 is 1.61 bits per heavy atom. The summed E-state index contributed by atoms with van der Waals surface area (Å²) in [6.07, 6.45) is 0. The number of nitrogens with one attached hydrogen (secondary N) is 1. The van der Waals surface area contributed by atoms with Crippen LogP contribution in [0.25, 0.3) is 11.1 Å². The summed E-state index contributed by atoms with van der Waals surface area (Å²) in [7, 11) is -6.80. The van der Waals surface area contributed by atoms with E-state index in [9.17, 15) is 13.0 Å². The van der Waals surface area contributed by atoms with Crippen molar-refractivity contribution in [2.24, 2.45) is 0 Å². The molecule has 0 aliphatic heterocycles. The van der Waals surface area contributed by atoms with Crippen LogP contribution in [0.4, 0.5) is 5.69 Å². The second kappa shape index (κ2) is 11.6. The summed E-state index contributed by atoms with van der Waals surface area (Å²) in [5.74, 6) is -0.845. The van der Waals surface area contributed by atoms with E-state index in [0.717, 1.165) is 18.2 Å². The molecule has 10 heteroatoms. The number of hydrogen-bond acceptors (Lipinski definition) is 7. The fraction of sp³-hybridized carbons (Fsp3) is 0.385. The zero-order valence-corrected chi connectivity index (χ0v) is 23.8. The van der Waals surface area contributed by atoms with E-state index in [-0.39, 0.29) is 24.0 Å². The molecule has 7 nitrogen and oxygen atoms in total. The van der Waals surface area contributed by atoms with Crippen LogP contribution in [0.15, 0.2) is 53.4 Å². The summed E-state index contributed by atoms with van der Waals surface area (Å²) in [6.45, 7) is 9.70. The van der Waals surface area contributed by atoms with E-state index in [1.165, 1.54) is 6.07 Å². The minimum absolute atomic E-state index is 0.000796. The molecule has 2 aliphatic rings. The van der Waals surface area contributed by atoms with Crippen molar-refractivity contribution in [1.82, 2.24) is 0 Å². The molecule has 36 heavy (non-hydrogen) atoms. The number of benzene rings is 1. The van der Waals surface area contributed by atoms with Gasteiger partial charge in [-0.2, -0.15) is 8.42 Å². The van der Waals surface area contributed by atoms with Gasteiger partial charge in [0, 0.05) is 16.3 Å². The Balaban J connectivity index is 2.40. The molecule has 1 aromatic carbocycles. The van der Waals surface area contributed by atoms with Crippen LogP contribution < -0.4 is 5.32 Å². The number of hydrogen-bond donors (Lipinski definition) is 1. The van der Waals surface area contributed by atoms with E-state index < -0.39 is 23.5 Å². The SMILES string of the molecule is CCOP(=O)(OCC)C(Nc1ccc(Cl)cc1)c1cc(S(=O)(=O)OC)c2c(C)ccc(C(C)C)cc1-2. The van der Waals surface area contributed by atoms with Crippen LogP contribution in [0, 0.1) is 6.92 Å². The predicted molar refractivity (Wildman–Crippen MR) is 145 cm³/mol. The smallest absolute Gasteiger partial charge is 0.357 e. The van der Waals surface area contributed by atoms with Gasteiger partial charge in [-0.25, -0.2) is 0 Å². The standard InChI is InChI=1S/C26H33ClNO6PS/c1-7-33-35(29,34-8-2)26(28-21-13-11-20(27)12-14-21)23-16-24(36(30,31)32-6)25-18(5)9-10-19(17(3)4)15-22(23)25/h9-17,26,28H,7-8H2,1-6H3. The summed E-state index contributed by atoms with van der Waals surface area (Å²) >= 11 is 6.07. The maximum absolute atomic E-state index is 14.2. The van der Waals surface area contributed by atoms with E-state index >= 15 is 0 Å². The molecule has 0 aromatic heterocycles. The third kappa shape index (κ3) is 5.96. The first-order valence-corrected chi connectivity index (χ1v) is 15.2. The zero-order valence-electron chi connectivity index (χ0n) is 21.4. The molecule has 1 unspecified atom stereocenters. The highest BCUT2D eigenvalue weighted by atomic mass is 35.5. The van der Waals surface area contributed by atoms with Crippen molar-refractivity contribution >= 4 is 35.0 Å². The molecular formula is C26H33ClNO6PS. The van der Waals surface area contributed by atoms with Gasteiger partial charge in [-0.1, -0.05) is 43.6 Å². The first-order chi connectivity index (χ1) is 17.0. The molecule has 0 saturated heterocycles. The number of halogens is 1. The summed E-state index contributed by atoms with van der Waals surface area (Å²) in [5, 5.41) is 3.83. The maximum Gasteiger partial charge on any atom is 0.357 e. The van der Waals surface area contributed by atoms with E-state index in [4.69, 9.17) is 24.8 Å². The minimum atomic E-state index is -4.09. The molecule has 3 rings (SSSR count). The quantitative estimate of drug-likeness (QED) is 0.193. The summed E-state index contributed by atoms with van der Waals surface area (Å²) in [4.78, 5) is 0.000796. The van der Waals surface area contributed by atoms with Gasteiger partial charge in [0.2, 0.25) is 0 Å². The van der Waals surface area contributed by atoms with Crippen LogP contribution in [0.1, 0.15) is 56.1 Å². The number of rotatable bonds is 11. The molecule has 0 saturated carbocycles. The lowest BCUT2D eigenvalue weighted by molar-refractivity contribution is 0.214. The lowest BCUT2D eigenvalue weighted by atomic mass is 10.0. The number of anilines is 1. The number of fused-ring (bicyclic) bond motifs is 1. The highest BCUT2D eigenvalue weighted by molar-refractivity contribution is 7.87. The normalized spacial score (nSPS) is 13.3. The molecule has 0 heterocycles. The highest BCUT2D eigenvalue weighted by Crippen LogP contribution is 2.63. The van der Waals surface area contributed by atoms with Crippen molar-refractivity contribution in [1.29, 1.82) is 0 Å². The fourth-order valence-corrected chi connectivity index (χ4v) is 7.15. The first kappa shape index (κ1) is 28.6. The molecule has 0 fully saturated rings. The average molecular weight is 554 g/mol. The van der Waals surface area contributed by atoms with Crippen molar-refractivity contribution in [3.8, 4) is 11.1 Å². The van der Waals surface area contributed by atoms with Gasteiger partial charge in [-0.05, 0) is 79.3 Å².